The summed E-state index contributed by atoms with van der Waals surface area (Å²) in [7, 11) is 0. The molecular weight excluding hydrogens is 423 g/mol. The van der Waals surface area contributed by atoms with Gasteiger partial charge < -0.3 is 5.11 Å². The van der Waals surface area contributed by atoms with Crippen LogP contribution in [0.15, 0.2) is 36.4 Å². The number of phenolic OH excluding ortho intramolecular Hbond substituents is 1. The Morgan fingerprint density at radius 2 is 2.10 bits per heavy atom. The fourth-order valence-corrected chi connectivity index (χ4v) is 3.43. The number of hydrogen-bond donors (Lipinski definition) is 2. The number of aromatic hydroxyl groups is 1. The molecule has 106 valence electrons. The van der Waals surface area contributed by atoms with E-state index in [-0.39, 0.29) is 11.3 Å². The number of carbonyl (C=O) groups excluding carboxylic acids is 1. The second-order valence-corrected chi connectivity index (χ2v) is 6.96. The molecule has 0 atom stereocenters. The van der Waals surface area contributed by atoms with Crippen molar-refractivity contribution in [3.63, 3.8) is 0 Å². The molecule has 0 saturated heterocycles. The Morgan fingerprint density at radius 3 is 2.90 bits per heavy atom. The number of benzene rings is 2. The van der Waals surface area contributed by atoms with Crippen molar-refractivity contribution in [1.29, 1.82) is 0 Å². The molecule has 2 N–H and O–H groups in total. The maximum Gasteiger partial charge on any atom is 0.261 e. The van der Waals surface area contributed by atoms with Crippen LogP contribution in [0.3, 0.4) is 0 Å². The first-order valence-electron chi connectivity index (χ1n) is 5.89. The van der Waals surface area contributed by atoms with Gasteiger partial charge in [0, 0.05) is 8.59 Å². The number of thiazole rings is 1. The fraction of sp³-hybridized carbons (Fsp3) is 0. The largest absolute Gasteiger partial charge is 0.507 e. The minimum atomic E-state index is -0.392. The third-order valence-electron chi connectivity index (χ3n) is 2.77. The zero-order valence-corrected chi connectivity index (χ0v) is 14.2. The van der Waals surface area contributed by atoms with Crippen molar-refractivity contribution >= 4 is 66.8 Å². The summed E-state index contributed by atoms with van der Waals surface area (Å²) in [5, 5.41) is 13.6. The number of carbonyl (C=O) groups is 1. The monoisotopic (exact) mass is 430 g/mol. The van der Waals surface area contributed by atoms with E-state index in [1.807, 2.05) is 0 Å². The quantitative estimate of drug-likeness (QED) is 0.588. The van der Waals surface area contributed by atoms with Crippen molar-refractivity contribution in [3.05, 3.63) is 50.6 Å². The van der Waals surface area contributed by atoms with Crippen LogP contribution >= 0.6 is 45.5 Å². The summed E-state index contributed by atoms with van der Waals surface area (Å²) in [6, 6.07) is 10.2. The first-order valence-corrected chi connectivity index (χ1v) is 8.16. The number of nitrogens with zero attached hydrogens (tertiary/aromatic N) is 1. The van der Waals surface area contributed by atoms with Crippen molar-refractivity contribution in [3.8, 4) is 5.75 Å². The molecule has 0 radical (unpaired) electrons. The molecule has 7 heteroatoms. The number of hydrogen-bond acceptors (Lipinski definition) is 4. The van der Waals surface area contributed by atoms with E-state index in [1.165, 1.54) is 17.4 Å². The van der Waals surface area contributed by atoms with E-state index < -0.39 is 5.91 Å². The number of amides is 1. The number of fused-ring (bicyclic) bond motifs is 1. The molecule has 0 aliphatic rings. The number of aromatic nitrogens is 1. The Kier molecular flexibility index (Phi) is 4.01. The average Bonchev–Trinajstić information content (AvgIpc) is 2.82. The van der Waals surface area contributed by atoms with Gasteiger partial charge in [0.25, 0.3) is 5.91 Å². The van der Waals surface area contributed by atoms with Gasteiger partial charge >= 0.3 is 0 Å². The molecule has 0 aliphatic heterocycles. The van der Waals surface area contributed by atoms with E-state index in [0.29, 0.717) is 10.2 Å². The van der Waals surface area contributed by atoms with Crippen molar-refractivity contribution in [2.24, 2.45) is 0 Å². The molecule has 3 rings (SSSR count). The zero-order chi connectivity index (χ0) is 15.0. The van der Waals surface area contributed by atoms with Crippen LogP contribution in [-0.4, -0.2) is 16.0 Å². The molecule has 3 aromatic rings. The molecule has 1 heterocycles. The van der Waals surface area contributed by atoms with Gasteiger partial charge in [0.05, 0.1) is 15.8 Å². The number of rotatable bonds is 2. The summed E-state index contributed by atoms with van der Waals surface area (Å²) in [5.74, 6) is -0.451. The van der Waals surface area contributed by atoms with Crippen LogP contribution in [0.4, 0.5) is 5.13 Å². The van der Waals surface area contributed by atoms with Crippen LogP contribution in [0.25, 0.3) is 10.2 Å². The highest BCUT2D eigenvalue weighted by molar-refractivity contribution is 14.1. The molecule has 0 unspecified atom stereocenters. The van der Waals surface area contributed by atoms with E-state index in [0.717, 1.165) is 13.8 Å². The predicted molar refractivity (Wildman–Crippen MR) is 93.4 cm³/mol. The van der Waals surface area contributed by atoms with E-state index >= 15 is 0 Å². The topological polar surface area (TPSA) is 62.2 Å². The number of halogens is 2. The van der Waals surface area contributed by atoms with Gasteiger partial charge in [0.1, 0.15) is 5.75 Å². The van der Waals surface area contributed by atoms with E-state index in [9.17, 15) is 9.90 Å². The second-order valence-electron chi connectivity index (χ2n) is 4.25. The third-order valence-corrected chi connectivity index (χ3v) is 4.61. The van der Waals surface area contributed by atoms with Crippen molar-refractivity contribution in [2.45, 2.75) is 0 Å². The molecule has 0 spiro atoms. The van der Waals surface area contributed by atoms with Crippen molar-refractivity contribution < 1.29 is 9.90 Å². The molecule has 0 aliphatic carbocycles. The highest BCUT2D eigenvalue weighted by atomic mass is 127. The van der Waals surface area contributed by atoms with Gasteiger partial charge in [-0.2, -0.15) is 0 Å². The van der Waals surface area contributed by atoms with Crippen LogP contribution < -0.4 is 5.32 Å². The fourth-order valence-electron chi connectivity index (χ4n) is 1.81. The molecule has 0 saturated carbocycles. The molecule has 0 fully saturated rings. The van der Waals surface area contributed by atoms with Gasteiger partial charge in [-0.15, -0.1) is 0 Å². The Labute approximate surface area is 142 Å². The van der Waals surface area contributed by atoms with Gasteiger partial charge in [-0.1, -0.05) is 22.9 Å². The van der Waals surface area contributed by atoms with Gasteiger partial charge in [-0.3, -0.25) is 10.1 Å². The van der Waals surface area contributed by atoms with Gasteiger partial charge in [-0.25, -0.2) is 4.98 Å². The summed E-state index contributed by atoms with van der Waals surface area (Å²) in [6.45, 7) is 0. The molecular formula is C14H8ClIN2O2S. The molecule has 0 bridgehead atoms. The van der Waals surface area contributed by atoms with Crippen LogP contribution in [0.1, 0.15) is 10.4 Å². The van der Waals surface area contributed by atoms with Crippen LogP contribution in [0.2, 0.25) is 5.02 Å². The number of anilines is 1. The van der Waals surface area contributed by atoms with E-state index in [1.54, 1.807) is 30.3 Å². The molecule has 2 aromatic carbocycles. The van der Waals surface area contributed by atoms with Crippen molar-refractivity contribution in [2.75, 3.05) is 5.32 Å². The highest BCUT2D eigenvalue weighted by Crippen LogP contribution is 2.29. The smallest absolute Gasteiger partial charge is 0.261 e. The number of nitrogens with one attached hydrogen (secondary N) is 1. The van der Waals surface area contributed by atoms with E-state index in [4.69, 9.17) is 11.6 Å². The van der Waals surface area contributed by atoms with Crippen molar-refractivity contribution in [1.82, 2.24) is 4.98 Å². The average molecular weight is 431 g/mol. The van der Waals surface area contributed by atoms with Gasteiger partial charge in [0.2, 0.25) is 0 Å². The second kappa shape index (κ2) is 5.78. The summed E-state index contributed by atoms with van der Waals surface area (Å²) >= 11 is 9.34. The SMILES string of the molecule is O=C(Nc1nc2ccc(Cl)cc2s1)c1cc(I)ccc1O. The lowest BCUT2D eigenvalue weighted by atomic mass is 10.2. The highest BCUT2D eigenvalue weighted by Gasteiger charge is 2.14. The van der Waals surface area contributed by atoms with E-state index in [2.05, 4.69) is 32.9 Å². The maximum absolute atomic E-state index is 12.2. The first-order chi connectivity index (χ1) is 10.0. The summed E-state index contributed by atoms with van der Waals surface area (Å²) < 4.78 is 1.76. The Bertz CT molecular complexity index is 850. The first kappa shape index (κ1) is 14.6. The maximum atomic E-state index is 12.2. The number of phenols is 1. The molecule has 4 nitrogen and oxygen atoms in total. The summed E-state index contributed by atoms with van der Waals surface area (Å²) in [5.41, 5.74) is 0.991. The van der Waals surface area contributed by atoms with Crippen LogP contribution in [0.5, 0.6) is 5.75 Å². The molecule has 21 heavy (non-hydrogen) atoms. The minimum Gasteiger partial charge on any atom is -0.507 e. The molecule has 1 aromatic heterocycles. The Hall–Kier alpha value is -1.38. The Balaban J connectivity index is 1.90. The zero-order valence-electron chi connectivity index (χ0n) is 10.4. The lowest BCUT2D eigenvalue weighted by Gasteiger charge is -2.04. The van der Waals surface area contributed by atoms with Gasteiger partial charge in [-0.05, 0) is 59.0 Å². The minimum absolute atomic E-state index is 0.0583. The lowest BCUT2D eigenvalue weighted by Crippen LogP contribution is -2.12. The summed E-state index contributed by atoms with van der Waals surface area (Å²) in [4.78, 5) is 16.5. The lowest BCUT2D eigenvalue weighted by molar-refractivity contribution is 0.102. The molecule has 1 amide bonds. The van der Waals surface area contributed by atoms with Gasteiger partial charge in [0.15, 0.2) is 5.13 Å². The summed E-state index contributed by atoms with van der Waals surface area (Å²) in [6.07, 6.45) is 0. The van der Waals surface area contributed by atoms with Crippen LogP contribution in [-0.2, 0) is 0 Å². The Morgan fingerprint density at radius 1 is 1.29 bits per heavy atom. The predicted octanol–water partition coefficient (Wildman–Crippen LogP) is 4.51. The standard InChI is InChI=1S/C14H8ClIN2O2S/c15-7-1-3-10-12(5-7)21-14(17-10)18-13(20)9-6-8(16)2-4-11(9)19/h1-6,19H,(H,17,18,20). The van der Waals surface area contributed by atoms with Crippen LogP contribution in [0, 0.1) is 3.57 Å². The third kappa shape index (κ3) is 3.12. The normalized spacial score (nSPS) is 10.8.